The van der Waals surface area contributed by atoms with Gasteiger partial charge in [0, 0.05) is 16.1 Å². The predicted molar refractivity (Wildman–Crippen MR) is 76.6 cm³/mol. The molecule has 0 heterocycles. The molecule has 0 aliphatic rings. The standard InChI is InChI=1S/C14H19BrFNO2/c1-14(2,8-12(18)19)13(17(3)4)10-7-9(15)5-6-11(10)16/h5-7,13H,8H2,1-4H3,(H,18,19). The second-order valence-corrected chi connectivity index (χ2v) is 6.51. The van der Waals surface area contributed by atoms with Gasteiger partial charge in [-0.15, -0.1) is 0 Å². The van der Waals surface area contributed by atoms with E-state index >= 15 is 0 Å². The van der Waals surface area contributed by atoms with Crippen LogP contribution in [0.15, 0.2) is 22.7 Å². The van der Waals surface area contributed by atoms with Gasteiger partial charge in [-0.2, -0.15) is 0 Å². The first kappa shape index (κ1) is 16.1. The maximum atomic E-state index is 14.1. The van der Waals surface area contributed by atoms with Gasteiger partial charge in [-0.1, -0.05) is 29.8 Å². The lowest BCUT2D eigenvalue weighted by molar-refractivity contribution is -0.140. The van der Waals surface area contributed by atoms with Crippen molar-refractivity contribution in [3.05, 3.63) is 34.1 Å². The minimum Gasteiger partial charge on any atom is -0.481 e. The number of hydrogen-bond donors (Lipinski definition) is 1. The molecule has 1 atom stereocenters. The maximum absolute atomic E-state index is 14.1. The summed E-state index contributed by atoms with van der Waals surface area (Å²) in [7, 11) is 3.66. The smallest absolute Gasteiger partial charge is 0.303 e. The minimum atomic E-state index is -0.882. The molecule has 1 aromatic rings. The minimum absolute atomic E-state index is 0.0260. The van der Waals surface area contributed by atoms with E-state index in [4.69, 9.17) is 5.11 Å². The predicted octanol–water partition coefficient (Wildman–Crippen LogP) is 3.69. The number of hydrogen-bond acceptors (Lipinski definition) is 2. The van der Waals surface area contributed by atoms with E-state index < -0.39 is 11.4 Å². The Morgan fingerprint density at radius 2 is 2.05 bits per heavy atom. The van der Waals surface area contributed by atoms with Crippen LogP contribution in [0.5, 0.6) is 0 Å². The fourth-order valence-corrected chi connectivity index (χ4v) is 2.99. The molecule has 5 heteroatoms. The summed E-state index contributed by atoms with van der Waals surface area (Å²) in [5, 5.41) is 9.03. The number of rotatable bonds is 5. The summed E-state index contributed by atoms with van der Waals surface area (Å²) in [6.45, 7) is 3.68. The lowest BCUT2D eigenvalue weighted by Gasteiger charge is -2.38. The zero-order chi connectivity index (χ0) is 14.8. The van der Waals surface area contributed by atoms with Crippen molar-refractivity contribution < 1.29 is 14.3 Å². The molecule has 0 saturated heterocycles. The van der Waals surface area contributed by atoms with Gasteiger partial charge in [-0.25, -0.2) is 4.39 Å². The molecule has 0 radical (unpaired) electrons. The Morgan fingerprint density at radius 1 is 1.47 bits per heavy atom. The van der Waals surface area contributed by atoms with E-state index in [2.05, 4.69) is 15.9 Å². The second-order valence-electron chi connectivity index (χ2n) is 5.59. The molecule has 106 valence electrons. The Bertz CT molecular complexity index is 475. The van der Waals surface area contributed by atoms with Crippen molar-refractivity contribution in [2.24, 2.45) is 5.41 Å². The van der Waals surface area contributed by atoms with Crippen molar-refractivity contribution >= 4 is 21.9 Å². The van der Waals surface area contributed by atoms with Crippen LogP contribution in [0.25, 0.3) is 0 Å². The molecule has 0 bridgehead atoms. The number of nitrogens with zero attached hydrogens (tertiary/aromatic N) is 1. The summed E-state index contributed by atoms with van der Waals surface area (Å²) in [6.07, 6.45) is -0.0260. The molecule has 3 nitrogen and oxygen atoms in total. The Balaban J connectivity index is 3.27. The van der Waals surface area contributed by atoms with Gasteiger partial charge in [0.15, 0.2) is 0 Å². The second kappa shape index (κ2) is 6.01. The van der Waals surface area contributed by atoms with Crippen LogP contribution in [0.2, 0.25) is 0 Å². The number of halogens is 2. The SMILES string of the molecule is CN(C)C(c1cc(Br)ccc1F)C(C)(C)CC(=O)O. The average molecular weight is 332 g/mol. The molecule has 0 aromatic heterocycles. The van der Waals surface area contributed by atoms with Crippen LogP contribution in [0, 0.1) is 11.2 Å². The molecule has 19 heavy (non-hydrogen) atoms. The first-order valence-corrected chi connectivity index (χ1v) is 6.77. The summed E-state index contributed by atoms with van der Waals surface area (Å²) in [4.78, 5) is 12.9. The lowest BCUT2D eigenvalue weighted by atomic mass is 9.77. The number of carboxylic acid groups (broad SMARTS) is 1. The van der Waals surface area contributed by atoms with Crippen molar-refractivity contribution in [1.82, 2.24) is 4.90 Å². The topological polar surface area (TPSA) is 40.5 Å². The van der Waals surface area contributed by atoms with Crippen molar-refractivity contribution in [2.75, 3.05) is 14.1 Å². The molecule has 1 aromatic carbocycles. The van der Waals surface area contributed by atoms with E-state index in [0.717, 1.165) is 4.47 Å². The van der Waals surface area contributed by atoms with E-state index in [-0.39, 0.29) is 18.3 Å². The molecule has 0 saturated carbocycles. The molecule has 1 rings (SSSR count). The highest BCUT2D eigenvalue weighted by Gasteiger charge is 2.36. The van der Waals surface area contributed by atoms with Gasteiger partial charge >= 0.3 is 5.97 Å². The fraction of sp³-hybridized carbons (Fsp3) is 0.500. The molecule has 0 aliphatic carbocycles. The Labute approximate surface area is 121 Å². The van der Waals surface area contributed by atoms with Crippen LogP contribution in [0.4, 0.5) is 4.39 Å². The van der Waals surface area contributed by atoms with Gasteiger partial charge in [-0.05, 0) is 37.7 Å². The molecule has 0 fully saturated rings. The molecule has 0 amide bonds. The van der Waals surface area contributed by atoms with Crippen molar-refractivity contribution in [3.8, 4) is 0 Å². The zero-order valence-corrected chi connectivity index (χ0v) is 13.2. The monoisotopic (exact) mass is 331 g/mol. The molecule has 0 aliphatic heterocycles. The first-order chi connectivity index (χ1) is 8.65. The van der Waals surface area contributed by atoms with Crippen LogP contribution < -0.4 is 0 Å². The van der Waals surface area contributed by atoms with Gasteiger partial charge in [0.2, 0.25) is 0 Å². The van der Waals surface area contributed by atoms with Crippen LogP contribution in [-0.2, 0) is 4.79 Å². The summed E-state index contributed by atoms with van der Waals surface area (Å²) in [5.41, 5.74) is -0.0811. The van der Waals surface area contributed by atoms with Gasteiger partial charge < -0.3 is 10.0 Å². The molecule has 1 unspecified atom stereocenters. The van der Waals surface area contributed by atoms with Crippen LogP contribution in [0.1, 0.15) is 31.9 Å². The fourth-order valence-electron chi connectivity index (χ4n) is 2.61. The number of carbonyl (C=O) groups is 1. The molecular weight excluding hydrogens is 313 g/mol. The number of aliphatic carboxylic acids is 1. The Morgan fingerprint density at radius 3 is 2.53 bits per heavy atom. The third-order valence-electron chi connectivity index (χ3n) is 3.12. The van der Waals surface area contributed by atoms with E-state index in [1.807, 2.05) is 32.8 Å². The maximum Gasteiger partial charge on any atom is 0.303 e. The van der Waals surface area contributed by atoms with Gasteiger partial charge in [0.25, 0.3) is 0 Å². The number of benzene rings is 1. The third-order valence-corrected chi connectivity index (χ3v) is 3.61. The highest BCUT2D eigenvalue weighted by atomic mass is 79.9. The molecule has 0 spiro atoms. The summed E-state index contributed by atoms with van der Waals surface area (Å²) < 4.78 is 14.8. The Hall–Kier alpha value is -0.940. The molecular formula is C14H19BrFNO2. The largest absolute Gasteiger partial charge is 0.481 e. The van der Waals surface area contributed by atoms with Crippen LogP contribution >= 0.6 is 15.9 Å². The first-order valence-electron chi connectivity index (χ1n) is 5.98. The van der Waals surface area contributed by atoms with E-state index in [1.54, 1.807) is 12.1 Å². The van der Waals surface area contributed by atoms with Gasteiger partial charge in [-0.3, -0.25) is 4.79 Å². The summed E-state index contributed by atoms with van der Waals surface area (Å²) >= 11 is 3.33. The lowest BCUT2D eigenvalue weighted by Crippen LogP contribution is -2.35. The highest BCUT2D eigenvalue weighted by molar-refractivity contribution is 9.10. The number of carboxylic acids is 1. The molecule has 1 N–H and O–H groups in total. The quantitative estimate of drug-likeness (QED) is 0.894. The van der Waals surface area contributed by atoms with Crippen LogP contribution in [0.3, 0.4) is 0 Å². The van der Waals surface area contributed by atoms with E-state index in [1.165, 1.54) is 6.07 Å². The summed E-state index contributed by atoms with van der Waals surface area (Å²) in [6, 6.07) is 4.42. The Kier molecular flexibility index (Phi) is 5.10. The van der Waals surface area contributed by atoms with E-state index in [0.29, 0.717) is 5.56 Å². The third kappa shape index (κ3) is 4.01. The highest BCUT2D eigenvalue weighted by Crippen LogP contribution is 2.41. The van der Waals surface area contributed by atoms with Crippen molar-refractivity contribution in [1.29, 1.82) is 0 Å². The van der Waals surface area contributed by atoms with Crippen molar-refractivity contribution in [2.45, 2.75) is 26.3 Å². The zero-order valence-electron chi connectivity index (χ0n) is 11.6. The van der Waals surface area contributed by atoms with Gasteiger partial charge in [0.05, 0.1) is 6.42 Å². The van der Waals surface area contributed by atoms with Crippen molar-refractivity contribution in [3.63, 3.8) is 0 Å². The average Bonchev–Trinajstić information content (AvgIpc) is 2.20. The van der Waals surface area contributed by atoms with Crippen LogP contribution in [-0.4, -0.2) is 30.1 Å². The van der Waals surface area contributed by atoms with Gasteiger partial charge in [0.1, 0.15) is 5.82 Å². The normalized spacial score (nSPS) is 13.6. The summed E-state index contributed by atoms with van der Waals surface area (Å²) in [5.74, 6) is -1.20. The van der Waals surface area contributed by atoms with E-state index in [9.17, 15) is 9.18 Å².